The minimum absolute atomic E-state index is 0.0146. The molecule has 0 radical (unpaired) electrons. The zero-order valence-corrected chi connectivity index (χ0v) is 11.8. The molecule has 1 aromatic rings. The van der Waals surface area contributed by atoms with Gasteiger partial charge in [0.15, 0.2) is 0 Å². The average molecular weight is 268 g/mol. The molecule has 1 aromatic carbocycles. The van der Waals surface area contributed by atoms with Gasteiger partial charge in [0.05, 0.1) is 12.2 Å². The molecule has 0 aliphatic carbocycles. The van der Waals surface area contributed by atoms with Crippen molar-refractivity contribution in [2.75, 3.05) is 18.6 Å². The van der Waals surface area contributed by atoms with Crippen molar-refractivity contribution in [3.63, 3.8) is 0 Å². The van der Waals surface area contributed by atoms with Crippen LogP contribution in [-0.4, -0.2) is 35.2 Å². The zero-order chi connectivity index (χ0) is 13.7. The predicted octanol–water partition coefficient (Wildman–Crippen LogP) is 1.42. The molecule has 0 saturated carbocycles. The van der Waals surface area contributed by atoms with Crippen LogP contribution in [0.15, 0.2) is 18.2 Å². The first-order chi connectivity index (χ1) is 8.51. The van der Waals surface area contributed by atoms with Crippen LogP contribution in [0.4, 0.5) is 5.69 Å². The maximum atomic E-state index is 12.2. The first-order valence-corrected chi connectivity index (χ1v) is 7.09. The number of anilines is 1. The molecule has 2 unspecified atom stereocenters. The number of aliphatic hydroxyl groups is 1. The van der Waals surface area contributed by atoms with Crippen LogP contribution in [0, 0.1) is 6.92 Å². The first kappa shape index (κ1) is 14.9. The molecule has 0 heterocycles. The molecule has 2 atom stereocenters. The van der Waals surface area contributed by atoms with Gasteiger partial charge in [0.2, 0.25) is 0 Å². The summed E-state index contributed by atoms with van der Waals surface area (Å²) in [5, 5.41) is 12.1. The van der Waals surface area contributed by atoms with Gasteiger partial charge >= 0.3 is 0 Å². The molecule has 5 heteroatoms. The molecular weight excluding hydrogens is 248 g/mol. The number of aliphatic hydroxyl groups excluding tert-OH is 1. The van der Waals surface area contributed by atoms with E-state index in [2.05, 4.69) is 5.32 Å². The third kappa shape index (κ3) is 3.40. The SMILES string of the molecule is CSC(CO)C(C)NC(=O)c1c(C)cccc1N. The second-order valence-corrected chi connectivity index (χ2v) is 5.33. The Bertz CT molecular complexity index is 399. The lowest BCUT2D eigenvalue weighted by Gasteiger charge is -2.22. The standard InChI is InChI=1S/C13H20N2O2S/c1-8-5-4-6-10(14)12(8)13(17)15-9(2)11(7-16)18-3/h4-6,9,11,16H,7,14H2,1-3H3,(H,15,17). The molecule has 0 saturated heterocycles. The second-order valence-electron chi connectivity index (χ2n) is 4.26. The van der Waals surface area contributed by atoms with Crippen molar-refractivity contribution in [1.29, 1.82) is 0 Å². The Labute approximate surface area is 112 Å². The molecule has 1 rings (SSSR count). The third-order valence-corrected chi connectivity index (χ3v) is 4.09. The maximum absolute atomic E-state index is 12.2. The Morgan fingerprint density at radius 1 is 1.56 bits per heavy atom. The van der Waals surface area contributed by atoms with Crippen molar-refractivity contribution in [2.24, 2.45) is 0 Å². The monoisotopic (exact) mass is 268 g/mol. The van der Waals surface area contributed by atoms with Crippen molar-refractivity contribution in [2.45, 2.75) is 25.1 Å². The highest BCUT2D eigenvalue weighted by molar-refractivity contribution is 7.99. The van der Waals surface area contributed by atoms with E-state index in [0.29, 0.717) is 11.3 Å². The van der Waals surface area contributed by atoms with E-state index in [-0.39, 0.29) is 23.8 Å². The van der Waals surface area contributed by atoms with E-state index < -0.39 is 0 Å². The van der Waals surface area contributed by atoms with Gasteiger partial charge in [-0.25, -0.2) is 0 Å². The number of aryl methyl sites for hydroxylation is 1. The van der Waals surface area contributed by atoms with Crippen LogP contribution in [0.2, 0.25) is 0 Å². The molecule has 0 aromatic heterocycles. The van der Waals surface area contributed by atoms with Crippen LogP contribution in [-0.2, 0) is 0 Å². The Kier molecular flexibility index (Phi) is 5.50. The van der Waals surface area contributed by atoms with E-state index in [4.69, 9.17) is 5.73 Å². The highest BCUT2D eigenvalue weighted by Crippen LogP contribution is 2.17. The van der Waals surface area contributed by atoms with E-state index in [0.717, 1.165) is 5.56 Å². The minimum atomic E-state index is -0.189. The summed E-state index contributed by atoms with van der Waals surface area (Å²) in [4.78, 5) is 12.2. The van der Waals surface area contributed by atoms with Crippen LogP contribution in [0.3, 0.4) is 0 Å². The summed E-state index contributed by atoms with van der Waals surface area (Å²) in [5.74, 6) is -0.189. The second kappa shape index (κ2) is 6.66. The summed E-state index contributed by atoms with van der Waals surface area (Å²) in [5.41, 5.74) is 7.67. The quantitative estimate of drug-likeness (QED) is 0.706. The van der Waals surface area contributed by atoms with Gasteiger partial charge in [-0.15, -0.1) is 0 Å². The fraction of sp³-hybridized carbons (Fsp3) is 0.462. The highest BCUT2D eigenvalue weighted by atomic mass is 32.2. The lowest BCUT2D eigenvalue weighted by atomic mass is 10.1. The Morgan fingerprint density at radius 2 is 2.22 bits per heavy atom. The summed E-state index contributed by atoms with van der Waals surface area (Å²) < 4.78 is 0. The number of nitrogens with one attached hydrogen (secondary N) is 1. The van der Waals surface area contributed by atoms with E-state index in [1.165, 1.54) is 11.8 Å². The number of carbonyl (C=O) groups excluding carboxylic acids is 1. The number of amides is 1. The van der Waals surface area contributed by atoms with Gasteiger partial charge in [-0.3, -0.25) is 4.79 Å². The molecule has 0 fully saturated rings. The predicted molar refractivity (Wildman–Crippen MR) is 76.9 cm³/mol. The molecule has 0 aliphatic heterocycles. The Hall–Kier alpha value is -1.20. The molecule has 0 spiro atoms. The maximum Gasteiger partial charge on any atom is 0.253 e. The van der Waals surface area contributed by atoms with Gasteiger partial charge in [-0.05, 0) is 31.7 Å². The van der Waals surface area contributed by atoms with E-state index >= 15 is 0 Å². The van der Waals surface area contributed by atoms with Crippen molar-refractivity contribution in [3.05, 3.63) is 29.3 Å². The number of nitrogen functional groups attached to an aromatic ring is 1. The number of nitrogens with two attached hydrogens (primary N) is 1. The molecule has 4 N–H and O–H groups in total. The normalized spacial score (nSPS) is 14.0. The molecular formula is C13H20N2O2S. The summed E-state index contributed by atoms with van der Waals surface area (Å²) in [6.45, 7) is 3.77. The summed E-state index contributed by atoms with van der Waals surface area (Å²) in [7, 11) is 0. The number of hydrogen-bond acceptors (Lipinski definition) is 4. The number of benzene rings is 1. The fourth-order valence-electron chi connectivity index (χ4n) is 1.81. The van der Waals surface area contributed by atoms with Gasteiger partial charge in [0.1, 0.15) is 0 Å². The highest BCUT2D eigenvalue weighted by Gasteiger charge is 2.20. The van der Waals surface area contributed by atoms with Crippen LogP contribution in [0.25, 0.3) is 0 Å². The van der Waals surface area contributed by atoms with E-state index in [1.807, 2.05) is 32.2 Å². The number of rotatable bonds is 5. The van der Waals surface area contributed by atoms with E-state index in [1.54, 1.807) is 6.07 Å². The summed E-state index contributed by atoms with van der Waals surface area (Å²) >= 11 is 1.53. The molecule has 18 heavy (non-hydrogen) atoms. The van der Waals surface area contributed by atoms with Crippen LogP contribution >= 0.6 is 11.8 Å². The number of hydrogen-bond donors (Lipinski definition) is 3. The van der Waals surface area contributed by atoms with Crippen LogP contribution < -0.4 is 11.1 Å². The lowest BCUT2D eigenvalue weighted by molar-refractivity contribution is 0.0936. The zero-order valence-electron chi connectivity index (χ0n) is 10.9. The molecule has 0 bridgehead atoms. The molecule has 0 aliphatic rings. The molecule has 100 valence electrons. The third-order valence-electron chi connectivity index (χ3n) is 2.93. The molecule has 1 amide bonds. The van der Waals surface area contributed by atoms with Gasteiger partial charge in [0.25, 0.3) is 5.91 Å². The van der Waals surface area contributed by atoms with Crippen LogP contribution in [0.5, 0.6) is 0 Å². The van der Waals surface area contributed by atoms with Crippen molar-refractivity contribution < 1.29 is 9.90 Å². The van der Waals surface area contributed by atoms with Crippen molar-refractivity contribution in [3.8, 4) is 0 Å². The van der Waals surface area contributed by atoms with Crippen molar-refractivity contribution in [1.82, 2.24) is 5.32 Å². The number of carbonyl (C=O) groups is 1. The summed E-state index contributed by atoms with van der Waals surface area (Å²) in [6.07, 6.45) is 1.91. The van der Waals surface area contributed by atoms with Gasteiger partial charge in [-0.2, -0.15) is 11.8 Å². The first-order valence-electron chi connectivity index (χ1n) is 5.80. The smallest absolute Gasteiger partial charge is 0.253 e. The largest absolute Gasteiger partial charge is 0.398 e. The molecule has 4 nitrogen and oxygen atoms in total. The van der Waals surface area contributed by atoms with Crippen LogP contribution in [0.1, 0.15) is 22.8 Å². The minimum Gasteiger partial charge on any atom is -0.398 e. The topological polar surface area (TPSA) is 75.3 Å². The fourth-order valence-corrected chi connectivity index (χ4v) is 2.43. The average Bonchev–Trinajstić information content (AvgIpc) is 2.30. The Morgan fingerprint density at radius 3 is 2.72 bits per heavy atom. The Balaban J connectivity index is 2.83. The van der Waals surface area contributed by atoms with Gasteiger partial charge in [-0.1, -0.05) is 12.1 Å². The lowest BCUT2D eigenvalue weighted by Crippen LogP contribution is -2.41. The van der Waals surface area contributed by atoms with Crippen molar-refractivity contribution >= 4 is 23.4 Å². The summed E-state index contributed by atoms with van der Waals surface area (Å²) in [6, 6.07) is 5.28. The number of thioether (sulfide) groups is 1. The van der Waals surface area contributed by atoms with Gasteiger partial charge < -0.3 is 16.2 Å². The van der Waals surface area contributed by atoms with E-state index in [9.17, 15) is 9.90 Å². The van der Waals surface area contributed by atoms with Gasteiger partial charge in [0, 0.05) is 17.0 Å².